The number of Topliss-reactive ketones (excluding diaryl/α,β-unsaturated/α-hetero) is 1. The summed E-state index contributed by atoms with van der Waals surface area (Å²) in [6, 6.07) is 7.69. The van der Waals surface area contributed by atoms with E-state index < -0.39 is 35.9 Å². The molecule has 0 aromatic heterocycles. The van der Waals surface area contributed by atoms with Crippen LogP contribution in [0.2, 0.25) is 0 Å². The van der Waals surface area contributed by atoms with E-state index in [1.165, 1.54) is 12.0 Å². The molecule has 7 nitrogen and oxygen atoms in total. The van der Waals surface area contributed by atoms with Gasteiger partial charge in [-0.05, 0) is 18.1 Å². The van der Waals surface area contributed by atoms with Gasteiger partial charge in [0.2, 0.25) is 5.60 Å². The number of hydrogen-bond acceptors (Lipinski definition) is 6. The fourth-order valence-electron chi connectivity index (χ4n) is 4.16. The molecule has 1 aromatic carbocycles. The first-order valence-corrected chi connectivity index (χ1v) is 8.47. The van der Waals surface area contributed by atoms with Crippen LogP contribution in [-0.2, 0) is 23.8 Å². The number of methoxy groups -OCH3 is 1. The van der Waals surface area contributed by atoms with Gasteiger partial charge in [0.15, 0.2) is 5.78 Å². The zero-order valence-corrected chi connectivity index (χ0v) is 14.5. The Morgan fingerprint density at radius 2 is 2.00 bits per heavy atom. The molecule has 0 spiro atoms. The molecule has 0 radical (unpaired) electrons. The standard InChI is InChI=1S/C19H19NO6/c1-11-8-13-9-15(21)16(19(11,26-13)17(22)24-2)20-14(10-25-18(20)23)12-6-4-3-5-7-12/h3-8,13-14,16H,9-10H2,1-2H3/t13-,14-,16+,19+/m0/s1. The Kier molecular flexibility index (Phi) is 3.84. The van der Waals surface area contributed by atoms with Crippen molar-refractivity contribution < 1.29 is 28.6 Å². The van der Waals surface area contributed by atoms with Gasteiger partial charge in [-0.15, -0.1) is 0 Å². The van der Waals surface area contributed by atoms with Crippen molar-refractivity contribution in [1.82, 2.24) is 4.90 Å². The van der Waals surface area contributed by atoms with E-state index in [-0.39, 0.29) is 18.8 Å². The van der Waals surface area contributed by atoms with E-state index in [4.69, 9.17) is 14.2 Å². The van der Waals surface area contributed by atoms with Crippen LogP contribution in [0.1, 0.15) is 24.9 Å². The van der Waals surface area contributed by atoms with Gasteiger partial charge in [-0.25, -0.2) is 9.59 Å². The number of fused-ring (bicyclic) bond motifs is 2. The van der Waals surface area contributed by atoms with Crippen molar-refractivity contribution in [1.29, 1.82) is 0 Å². The number of ether oxygens (including phenoxy) is 3. The van der Waals surface area contributed by atoms with Crippen molar-refractivity contribution in [3.63, 3.8) is 0 Å². The van der Waals surface area contributed by atoms with Gasteiger partial charge in [-0.2, -0.15) is 0 Å². The summed E-state index contributed by atoms with van der Waals surface area (Å²) in [5, 5.41) is 0. The van der Waals surface area contributed by atoms with Crippen LogP contribution in [0.5, 0.6) is 0 Å². The van der Waals surface area contributed by atoms with Gasteiger partial charge in [0.05, 0.1) is 19.3 Å². The highest BCUT2D eigenvalue weighted by molar-refractivity contribution is 6.00. The topological polar surface area (TPSA) is 82.1 Å². The van der Waals surface area contributed by atoms with Gasteiger partial charge in [0.25, 0.3) is 0 Å². The Bertz CT molecular complexity index is 804. The summed E-state index contributed by atoms with van der Waals surface area (Å²) in [5.41, 5.74) is -0.213. The number of esters is 1. The molecule has 4 rings (SSSR count). The maximum Gasteiger partial charge on any atom is 0.411 e. The minimum absolute atomic E-state index is 0.103. The quantitative estimate of drug-likeness (QED) is 0.606. The van der Waals surface area contributed by atoms with Gasteiger partial charge in [0, 0.05) is 6.42 Å². The molecule has 26 heavy (non-hydrogen) atoms. The van der Waals surface area contributed by atoms with Crippen LogP contribution in [0.15, 0.2) is 42.0 Å². The average molecular weight is 357 g/mol. The van der Waals surface area contributed by atoms with Crippen LogP contribution in [0, 0.1) is 0 Å². The molecule has 0 saturated carbocycles. The van der Waals surface area contributed by atoms with E-state index >= 15 is 0 Å². The molecule has 4 atom stereocenters. The van der Waals surface area contributed by atoms with E-state index in [0.717, 1.165) is 5.56 Å². The predicted molar refractivity (Wildman–Crippen MR) is 89.2 cm³/mol. The molecule has 0 unspecified atom stereocenters. The number of carbonyl (C=O) groups is 3. The number of amides is 1. The van der Waals surface area contributed by atoms with Gasteiger partial charge < -0.3 is 14.2 Å². The molecule has 7 heteroatoms. The zero-order chi connectivity index (χ0) is 18.5. The lowest BCUT2D eigenvalue weighted by molar-refractivity contribution is -0.184. The van der Waals surface area contributed by atoms with E-state index in [9.17, 15) is 14.4 Å². The molecule has 2 saturated heterocycles. The summed E-state index contributed by atoms with van der Waals surface area (Å²) in [6.45, 7) is 1.83. The Balaban J connectivity index is 1.82. The third-order valence-corrected chi connectivity index (χ3v) is 5.31. The fraction of sp³-hybridized carbons (Fsp3) is 0.421. The van der Waals surface area contributed by atoms with Gasteiger partial charge >= 0.3 is 12.1 Å². The summed E-state index contributed by atoms with van der Waals surface area (Å²) < 4.78 is 16.1. The van der Waals surface area contributed by atoms with Gasteiger partial charge in [-0.1, -0.05) is 36.4 Å². The van der Waals surface area contributed by atoms with Crippen molar-refractivity contribution in [3.05, 3.63) is 47.5 Å². The second-order valence-corrected chi connectivity index (χ2v) is 6.72. The number of rotatable bonds is 3. The van der Waals surface area contributed by atoms with Crippen LogP contribution < -0.4 is 0 Å². The van der Waals surface area contributed by atoms with E-state index in [0.29, 0.717) is 5.57 Å². The Labute approximate surface area is 150 Å². The van der Waals surface area contributed by atoms with Crippen LogP contribution in [0.25, 0.3) is 0 Å². The normalized spacial score (nSPS) is 33.1. The molecule has 1 aromatic rings. The Morgan fingerprint density at radius 1 is 1.27 bits per heavy atom. The van der Waals surface area contributed by atoms with E-state index in [2.05, 4.69) is 0 Å². The molecule has 1 amide bonds. The lowest BCUT2D eigenvalue weighted by Gasteiger charge is -2.43. The van der Waals surface area contributed by atoms with Crippen molar-refractivity contribution in [2.75, 3.05) is 13.7 Å². The number of ketones is 1. The largest absolute Gasteiger partial charge is 0.467 e. The lowest BCUT2D eigenvalue weighted by atomic mass is 9.82. The summed E-state index contributed by atoms with van der Waals surface area (Å²) in [4.78, 5) is 39.6. The monoisotopic (exact) mass is 357 g/mol. The Hall–Kier alpha value is -2.67. The summed E-state index contributed by atoms with van der Waals surface area (Å²) in [5.74, 6) is -0.919. The number of nitrogens with zero attached hydrogens (tertiary/aromatic N) is 1. The third kappa shape index (κ3) is 2.20. The summed E-state index contributed by atoms with van der Waals surface area (Å²) in [6.07, 6.45) is 0.744. The highest BCUT2D eigenvalue weighted by Crippen LogP contribution is 2.46. The predicted octanol–water partition coefficient (Wildman–Crippen LogP) is 1.78. The molecule has 0 aliphatic carbocycles. The van der Waals surface area contributed by atoms with Gasteiger partial charge in [0.1, 0.15) is 12.6 Å². The number of hydrogen-bond donors (Lipinski definition) is 0. The second kappa shape index (κ2) is 5.95. The van der Waals surface area contributed by atoms with E-state index in [1.807, 2.05) is 30.3 Å². The molecule has 3 aliphatic rings. The lowest BCUT2D eigenvalue weighted by Crippen LogP contribution is -2.65. The Morgan fingerprint density at radius 3 is 2.69 bits per heavy atom. The number of benzene rings is 1. The molecule has 2 bridgehead atoms. The van der Waals surface area contributed by atoms with Crippen molar-refractivity contribution >= 4 is 17.8 Å². The second-order valence-electron chi connectivity index (χ2n) is 6.72. The van der Waals surface area contributed by atoms with Gasteiger partial charge in [-0.3, -0.25) is 9.69 Å². The maximum absolute atomic E-state index is 13.0. The zero-order valence-electron chi connectivity index (χ0n) is 14.5. The molecule has 0 N–H and O–H groups in total. The van der Waals surface area contributed by atoms with Crippen molar-refractivity contribution in [3.8, 4) is 0 Å². The first kappa shape index (κ1) is 16.8. The maximum atomic E-state index is 13.0. The average Bonchev–Trinajstić information content (AvgIpc) is 3.14. The smallest absolute Gasteiger partial charge is 0.411 e. The fourth-order valence-corrected chi connectivity index (χ4v) is 4.16. The SMILES string of the molecule is COC(=O)[C@@]12O[C@@H](C=C1C)CC(=O)[C@H]2N1C(=O)OC[C@H]1c1ccccc1. The third-order valence-electron chi connectivity index (χ3n) is 5.31. The van der Waals surface area contributed by atoms with Crippen LogP contribution >= 0.6 is 0 Å². The first-order valence-electron chi connectivity index (χ1n) is 8.47. The minimum Gasteiger partial charge on any atom is -0.467 e. The first-order chi connectivity index (χ1) is 12.5. The molecular weight excluding hydrogens is 338 g/mol. The molecular formula is C19H19NO6. The van der Waals surface area contributed by atoms with E-state index in [1.54, 1.807) is 13.0 Å². The summed E-state index contributed by atoms with van der Waals surface area (Å²) in [7, 11) is 1.24. The van der Waals surface area contributed by atoms with Crippen LogP contribution in [-0.4, -0.2) is 54.2 Å². The number of carbonyl (C=O) groups excluding carboxylic acids is 3. The highest BCUT2D eigenvalue weighted by atomic mass is 16.6. The van der Waals surface area contributed by atoms with Crippen molar-refractivity contribution in [2.45, 2.75) is 37.1 Å². The molecule has 3 heterocycles. The summed E-state index contributed by atoms with van der Waals surface area (Å²) >= 11 is 0. The molecule has 136 valence electrons. The molecule has 2 fully saturated rings. The van der Waals surface area contributed by atoms with Crippen molar-refractivity contribution in [2.24, 2.45) is 0 Å². The highest BCUT2D eigenvalue weighted by Gasteiger charge is 2.64. The number of cyclic esters (lactones) is 1. The molecule has 3 aliphatic heterocycles. The minimum atomic E-state index is -1.62. The van der Waals surface area contributed by atoms with Crippen LogP contribution in [0.3, 0.4) is 0 Å². The van der Waals surface area contributed by atoms with Crippen LogP contribution in [0.4, 0.5) is 4.79 Å².